The maximum atomic E-state index is 12.8. The summed E-state index contributed by atoms with van der Waals surface area (Å²) < 4.78 is 18.0. The lowest BCUT2D eigenvalue weighted by molar-refractivity contribution is -0.145. The second-order valence-corrected chi connectivity index (χ2v) is 5.27. The smallest absolute Gasteiger partial charge is 0.346 e. The van der Waals surface area contributed by atoms with Gasteiger partial charge in [-0.1, -0.05) is 6.92 Å². The Morgan fingerprint density at radius 1 is 1.38 bits per heavy atom. The largest absolute Gasteiger partial charge is 0.478 e. The molecule has 2 atom stereocenters. The third-order valence-corrected chi connectivity index (χ3v) is 3.57. The van der Waals surface area contributed by atoms with E-state index in [1.54, 1.807) is 0 Å². The third kappa shape index (κ3) is 4.44. The van der Waals surface area contributed by atoms with Crippen LogP contribution in [0.25, 0.3) is 0 Å². The predicted molar refractivity (Wildman–Crippen MR) is 73.3 cm³/mol. The van der Waals surface area contributed by atoms with Crippen LogP contribution in [0.3, 0.4) is 0 Å². The molecule has 0 spiro atoms. The number of halogens is 1. The minimum atomic E-state index is -1.20. The summed E-state index contributed by atoms with van der Waals surface area (Å²) in [5.74, 6) is -1.23. The highest BCUT2D eigenvalue weighted by molar-refractivity contribution is 5.80. The van der Waals surface area contributed by atoms with Crippen LogP contribution in [-0.2, 0) is 9.59 Å². The topological polar surface area (TPSA) is 75.6 Å². The van der Waals surface area contributed by atoms with Crippen molar-refractivity contribution in [2.45, 2.75) is 25.9 Å². The summed E-state index contributed by atoms with van der Waals surface area (Å²) in [6, 6.07) is 5.06. The van der Waals surface area contributed by atoms with Crippen LogP contribution >= 0.6 is 0 Å². The second kappa shape index (κ2) is 6.56. The van der Waals surface area contributed by atoms with Crippen LogP contribution in [0.5, 0.6) is 5.75 Å². The number of aliphatic carboxylic acids is 1. The molecule has 0 radical (unpaired) electrons. The molecule has 1 saturated carbocycles. The molecule has 114 valence electrons. The van der Waals surface area contributed by atoms with E-state index in [1.165, 1.54) is 24.3 Å². The average molecular weight is 295 g/mol. The van der Waals surface area contributed by atoms with Gasteiger partial charge in [-0.3, -0.25) is 4.79 Å². The first-order chi connectivity index (χ1) is 9.97. The number of ether oxygens (including phenoxy) is 1. The number of hydrogen-bond acceptors (Lipinski definition) is 3. The molecule has 0 aromatic heterocycles. The van der Waals surface area contributed by atoms with E-state index >= 15 is 0 Å². The Labute approximate surface area is 122 Å². The fraction of sp³-hybridized carbons (Fsp3) is 0.467. The van der Waals surface area contributed by atoms with Gasteiger partial charge in [0.15, 0.2) is 0 Å². The molecule has 0 aliphatic heterocycles. The molecular formula is C15H18FNO4. The van der Waals surface area contributed by atoms with Crippen LogP contribution in [0, 0.1) is 17.7 Å². The molecule has 1 aliphatic rings. The average Bonchev–Trinajstić information content (AvgIpc) is 3.28. The lowest BCUT2D eigenvalue weighted by Crippen LogP contribution is -2.42. The SMILES string of the molecule is CC(C(=O)NCC(Oc1ccc(F)cc1)C(=O)O)C1CC1. The van der Waals surface area contributed by atoms with E-state index in [9.17, 15) is 14.0 Å². The Kier molecular flexibility index (Phi) is 4.77. The normalized spacial score (nSPS) is 16.9. The van der Waals surface area contributed by atoms with E-state index in [0.29, 0.717) is 5.92 Å². The summed E-state index contributed by atoms with van der Waals surface area (Å²) >= 11 is 0. The van der Waals surface area contributed by atoms with E-state index in [1.807, 2.05) is 6.92 Å². The molecule has 2 N–H and O–H groups in total. The molecule has 1 aromatic rings. The Morgan fingerprint density at radius 2 is 2.00 bits per heavy atom. The number of amides is 1. The van der Waals surface area contributed by atoms with Gasteiger partial charge >= 0.3 is 5.97 Å². The number of carboxylic acids is 1. The van der Waals surface area contributed by atoms with E-state index in [-0.39, 0.29) is 24.1 Å². The summed E-state index contributed by atoms with van der Waals surface area (Å²) in [6.45, 7) is 1.71. The fourth-order valence-corrected chi connectivity index (χ4v) is 2.02. The molecule has 21 heavy (non-hydrogen) atoms. The molecule has 2 rings (SSSR count). The summed E-state index contributed by atoms with van der Waals surface area (Å²) in [5.41, 5.74) is 0. The lowest BCUT2D eigenvalue weighted by Gasteiger charge is -2.17. The highest BCUT2D eigenvalue weighted by atomic mass is 19.1. The number of carbonyl (C=O) groups is 2. The van der Waals surface area contributed by atoms with E-state index < -0.39 is 17.9 Å². The van der Waals surface area contributed by atoms with Gasteiger partial charge in [0, 0.05) is 5.92 Å². The Balaban J connectivity index is 1.88. The second-order valence-electron chi connectivity index (χ2n) is 5.27. The van der Waals surface area contributed by atoms with Crippen LogP contribution in [0.2, 0.25) is 0 Å². The van der Waals surface area contributed by atoms with Gasteiger partial charge in [-0.2, -0.15) is 0 Å². The molecule has 0 saturated heterocycles. The van der Waals surface area contributed by atoms with Gasteiger partial charge in [-0.15, -0.1) is 0 Å². The molecule has 1 aliphatic carbocycles. The van der Waals surface area contributed by atoms with Gasteiger partial charge in [0.2, 0.25) is 12.0 Å². The maximum Gasteiger partial charge on any atom is 0.346 e. The number of benzene rings is 1. The molecule has 0 bridgehead atoms. The van der Waals surface area contributed by atoms with Crippen molar-refractivity contribution in [3.05, 3.63) is 30.1 Å². The zero-order valence-corrected chi connectivity index (χ0v) is 11.7. The summed E-state index contributed by atoms with van der Waals surface area (Å²) in [7, 11) is 0. The van der Waals surface area contributed by atoms with Crippen molar-refractivity contribution in [3.63, 3.8) is 0 Å². The lowest BCUT2D eigenvalue weighted by atomic mass is 10.1. The molecule has 1 amide bonds. The third-order valence-electron chi connectivity index (χ3n) is 3.57. The van der Waals surface area contributed by atoms with Crippen LogP contribution < -0.4 is 10.1 Å². The number of carboxylic acid groups (broad SMARTS) is 1. The molecule has 6 heteroatoms. The fourth-order valence-electron chi connectivity index (χ4n) is 2.02. The highest BCUT2D eigenvalue weighted by Gasteiger charge is 2.33. The van der Waals surface area contributed by atoms with Crippen molar-refractivity contribution in [3.8, 4) is 5.75 Å². The quantitative estimate of drug-likeness (QED) is 0.804. The number of hydrogen-bond donors (Lipinski definition) is 2. The van der Waals surface area contributed by atoms with E-state index in [0.717, 1.165) is 12.8 Å². The van der Waals surface area contributed by atoms with Crippen molar-refractivity contribution in [2.75, 3.05) is 6.54 Å². The van der Waals surface area contributed by atoms with Crippen molar-refractivity contribution in [1.29, 1.82) is 0 Å². The first-order valence-corrected chi connectivity index (χ1v) is 6.90. The van der Waals surface area contributed by atoms with Crippen LogP contribution in [0.1, 0.15) is 19.8 Å². The van der Waals surface area contributed by atoms with Crippen molar-refractivity contribution < 1.29 is 23.8 Å². The van der Waals surface area contributed by atoms with Gasteiger partial charge in [0.25, 0.3) is 0 Å². The van der Waals surface area contributed by atoms with E-state index in [4.69, 9.17) is 9.84 Å². The number of rotatable bonds is 7. The van der Waals surface area contributed by atoms with Crippen molar-refractivity contribution in [2.24, 2.45) is 11.8 Å². The Morgan fingerprint density at radius 3 is 2.52 bits per heavy atom. The first-order valence-electron chi connectivity index (χ1n) is 6.90. The summed E-state index contributed by atoms with van der Waals surface area (Å²) in [6.07, 6.45) is 0.886. The minimum Gasteiger partial charge on any atom is -0.478 e. The molecule has 1 aromatic carbocycles. The monoisotopic (exact) mass is 295 g/mol. The van der Waals surface area contributed by atoms with E-state index in [2.05, 4.69) is 5.32 Å². The van der Waals surface area contributed by atoms with Gasteiger partial charge in [-0.25, -0.2) is 9.18 Å². The number of nitrogens with one attached hydrogen (secondary N) is 1. The van der Waals surface area contributed by atoms with Crippen molar-refractivity contribution in [1.82, 2.24) is 5.32 Å². The van der Waals surface area contributed by atoms with Crippen LogP contribution in [0.4, 0.5) is 4.39 Å². The Hall–Kier alpha value is -2.11. The van der Waals surface area contributed by atoms with Gasteiger partial charge in [0.1, 0.15) is 11.6 Å². The minimum absolute atomic E-state index is 0.106. The van der Waals surface area contributed by atoms with Crippen LogP contribution in [-0.4, -0.2) is 29.6 Å². The first kappa shape index (κ1) is 15.3. The highest BCUT2D eigenvalue weighted by Crippen LogP contribution is 2.36. The van der Waals surface area contributed by atoms with Gasteiger partial charge in [-0.05, 0) is 43.0 Å². The predicted octanol–water partition coefficient (Wildman–Crippen LogP) is 1.82. The zero-order valence-electron chi connectivity index (χ0n) is 11.7. The van der Waals surface area contributed by atoms with Gasteiger partial charge in [0.05, 0.1) is 6.54 Å². The summed E-state index contributed by atoms with van der Waals surface area (Å²) in [5, 5.41) is 11.7. The van der Waals surface area contributed by atoms with Crippen LogP contribution in [0.15, 0.2) is 24.3 Å². The molecule has 2 unspecified atom stereocenters. The zero-order chi connectivity index (χ0) is 15.4. The van der Waals surface area contributed by atoms with Gasteiger partial charge < -0.3 is 15.2 Å². The number of carbonyl (C=O) groups excluding carboxylic acids is 1. The van der Waals surface area contributed by atoms with Crippen molar-refractivity contribution >= 4 is 11.9 Å². The standard InChI is InChI=1S/C15H18FNO4/c1-9(10-2-3-10)14(18)17-8-13(15(19)20)21-12-6-4-11(16)5-7-12/h4-7,9-10,13H,2-3,8H2,1H3,(H,17,18)(H,19,20). The Bertz CT molecular complexity index is 513. The molecule has 0 heterocycles. The molecule has 5 nitrogen and oxygen atoms in total. The summed E-state index contributed by atoms with van der Waals surface area (Å²) in [4.78, 5) is 23.0. The molecular weight excluding hydrogens is 277 g/mol. The molecule has 1 fully saturated rings. The maximum absolute atomic E-state index is 12.8.